The molecular formula is C42H24N4O2. The van der Waals surface area contributed by atoms with E-state index in [0.717, 1.165) is 77.2 Å². The topological polar surface area (TPSA) is 77.8 Å². The monoisotopic (exact) mass is 616 g/mol. The van der Waals surface area contributed by atoms with E-state index in [4.69, 9.17) is 28.8 Å². The molecule has 10 aromatic rings. The van der Waals surface area contributed by atoms with Crippen molar-refractivity contribution in [3.63, 3.8) is 0 Å². The Morgan fingerprint density at radius 1 is 0.354 bits per heavy atom. The van der Waals surface area contributed by atoms with Gasteiger partial charge in [0.25, 0.3) is 0 Å². The molecule has 0 N–H and O–H groups in total. The minimum absolute atomic E-state index is 0.608. The van der Waals surface area contributed by atoms with Crippen LogP contribution in [0.1, 0.15) is 0 Å². The zero-order valence-electron chi connectivity index (χ0n) is 25.5. The average Bonchev–Trinajstić information content (AvgIpc) is 3.79. The lowest BCUT2D eigenvalue weighted by Gasteiger charge is -2.09. The fraction of sp³-hybridized carbons (Fsp3) is 0. The Balaban J connectivity index is 1.11. The van der Waals surface area contributed by atoms with Crippen LogP contribution < -0.4 is 0 Å². The first-order valence-corrected chi connectivity index (χ1v) is 15.8. The maximum absolute atomic E-state index is 6.60. The molecule has 0 saturated carbocycles. The minimum atomic E-state index is 0.608. The summed E-state index contributed by atoms with van der Waals surface area (Å²) in [6.45, 7) is 0. The number of hydrogen-bond acceptors (Lipinski definition) is 6. The Morgan fingerprint density at radius 3 is 1.54 bits per heavy atom. The quantitative estimate of drug-likeness (QED) is 0.179. The highest BCUT2D eigenvalue weighted by Crippen LogP contribution is 2.46. The molecule has 48 heavy (non-hydrogen) atoms. The number of furan rings is 1. The van der Waals surface area contributed by atoms with Crippen LogP contribution in [-0.4, -0.2) is 19.9 Å². The molecule has 7 aromatic carbocycles. The fourth-order valence-corrected chi connectivity index (χ4v) is 6.66. The zero-order valence-corrected chi connectivity index (χ0v) is 25.5. The first-order valence-electron chi connectivity index (χ1n) is 15.8. The van der Waals surface area contributed by atoms with E-state index < -0.39 is 0 Å². The zero-order chi connectivity index (χ0) is 31.6. The van der Waals surface area contributed by atoms with E-state index in [1.807, 2.05) is 103 Å². The van der Waals surface area contributed by atoms with Gasteiger partial charge in [0.1, 0.15) is 16.7 Å². The number of oxazole rings is 1. The van der Waals surface area contributed by atoms with Gasteiger partial charge in [0.2, 0.25) is 5.89 Å². The second-order valence-corrected chi connectivity index (χ2v) is 11.8. The summed E-state index contributed by atoms with van der Waals surface area (Å²) >= 11 is 0. The molecule has 0 aliphatic rings. The van der Waals surface area contributed by atoms with E-state index >= 15 is 0 Å². The first kappa shape index (κ1) is 26.5. The van der Waals surface area contributed by atoms with Crippen LogP contribution in [0.4, 0.5) is 0 Å². The number of benzene rings is 7. The lowest BCUT2D eigenvalue weighted by Crippen LogP contribution is -2.00. The van der Waals surface area contributed by atoms with Gasteiger partial charge in [-0.1, -0.05) is 115 Å². The molecule has 0 aliphatic heterocycles. The summed E-state index contributed by atoms with van der Waals surface area (Å²) in [4.78, 5) is 19.6. The van der Waals surface area contributed by atoms with Crippen LogP contribution in [0.25, 0.3) is 101 Å². The fourth-order valence-electron chi connectivity index (χ4n) is 6.66. The van der Waals surface area contributed by atoms with Crippen molar-refractivity contribution in [2.45, 2.75) is 0 Å². The molecule has 0 bridgehead atoms. The third-order valence-corrected chi connectivity index (χ3v) is 8.95. The number of hydrogen-bond donors (Lipinski definition) is 0. The SMILES string of the molecule is c1ccc(-c2nc(-c3ccccc3)nc(-c3ccc(-c4ccc5c6oc(-c7ccccc7)nc6c6cccc7oc4c5c76)cc3)n2)cc1. The van der Waals surface area contributed by atoms with Crippen LogP contribution >= 0.6 is 0 Å². The second-order valence-electron chi connectivity index (χ2n) is 11.8. The molecule has 0 amide bonds. The number of fused-ring (bicyclic) bond motifs is 3. The van der Waals surface area contributed by atoms with Gasteiger partial charge in [0, 0.05) is 49.4 Å². The van der Waals surface area contributed by atoms with Crippen molar-refractivity contribution in [2.75, 3.05) is 0 Å². The summed E-state index contributed by atoms with van der Waals surface area (Å²) in [7, 11) is 0. The van der Waals surface area contributed by atoms with E-state index in [2.05, 4.69) is 42.5 Å². The first-order chi connectivity index (χ1) is 23.8. The second kappa shape index (κ2) is 10.4. The molecule has 0 spiro atoms. The maximum atomic E-state index is 6.60. The van der Waals surface area contributed by atoms with Gasteiger partial charge in [-0.15, -0.1) is 0 Å². The average molecular weight is 617 g/mol. The summed E-state index contributed by atoms with van der Waals surface area (Å²) in [5, 5.41) is 4.11. The van der Waals surface area contributed by atoms with Crippen LogP contribution in [-0.2, 0) is 0 Å². The molecule has 0 aliphatic carbocycles. The predicted molar refractivity (Wildman–Crippen MR) is 191 cm³/mol. The molecule has 224 valence electrons. The van der Waals surface area contributed by atoms with Crippen LogP contribution in [0.5, 0.6) is 0 Å². The standard InChI is InChI=1S/C42H24N4O2/c1-4-11-26(12-5-1)39-44-40(27-13-6-2-7-14-27)46-41(45-39)28-21-19-25(20-22-28)30-23-24-32-35-34-31(17-10-18-33(34)47-37(30)35)36-38(32)48-42(43-36)29-15-8-3-9-16-29/h1-24H. The van der Waals surface area contributed by atoms with Gasteiger partial charge in [-0.2, -0.15) is 0 Å². The Bertz CT molecular complexity index is 2700. The van der Waals surface area contributed by atoms with E-state index in [1.165, 1.54) is 0 Å². The molecule has 10 rings (SSSR count). The molecule has 3 heterocycles. The van der Waals surface area contributed by atoms with Crippen molar-refractivity contribution in [1.82, 2.24) is 19.9 Å². The highest BCUT2D eigenvalue weighted by molar-refractivity contribution is 6.32. The van der Waals surface area contributed by atoms with Crippen LogP contribution in [0.15, 0.2) is 154 Å². The molecule has 6 nitrogen and oxygen atoms in total. The van der Waals surface area contributed by atoms with Gasteiger partial charge in [-0.3, -0.25) is 0 Å². The van der Waals surface area contributed by atoms with E-state index in [0.29, 0.717) is 23.4 Å². The van der Waals surface area contributed by atoms with Crippen molar-refractivity contribution in [3.8, 4) is 56.7 Å². The van der Waals surface area contributed by atoms with Crippen molar-refractivity contribution >= 4 is 43.8 Å². The lowest BCUT2D eigenvalue weighted by molar-refractivity contribution is 0.623. The van der Waals surface area contributed by atoms with Crippen molar-refractivity contribution < 1.29 is 8.83 Å². The van der Waals surface area contributed by atoms with E-state index in [-0.39, 0.29) is 0 Å². The Kier molecular flexibility index (Phi) is 5.77. The van der Waals surface area contributed by atoms with Gasteiger partial charge < -0.3 is 8.83 Å². The summed E-state index contributed by atoms with van der Waals surface area (Å²) in [6.07, 6.45) is 0. The molecule has 0 fully saturated rings. The summed E-state index contributed by atoms with van der Waals surface area (Å²) in [6, 6.07) is 48.7. The van der Waals surface area contributed by atoms with Crippen molar-refractivity contribution in [1.29, 1.82) is 0 Å². The maximum Gasteiger partial charge on any atom is 0.227 e. The number of rotatable bonds is 5. The Morgan fingerprint density at radius 2 is 0.917 bits per heavy atom. The Labute approximate surface area is 274 Å². The van der Waals surface area contributed by atoms with Gasteiger partial charge >= 0.3 is 0 Å². The predicted octanol–water partition coefficient (Wildman–Crippen LogP) is 10.8. The van der Waals surface area contributed by atoms with Crippen LogP contribution in [0.3, 0.4) is 0 Å². The largest absolute Gasteiger partial charge is 0.455 e. The van der Waals surface area contributed by atoms with E-state index in [9.17, 15) is 0 Å². The molecule has 3 aromatic heterocycles. The van der Waals surface area contributed by atoms with Gasteiger partial charge in [-0.25, -0.2) is 19.9 Å². The summed E-state index contributed by atoms with van der Waals surface area (Å²) < 4.78 is 13.1. The number of aromatic nitrogens is 4. The van der Waals surface area contributed by atoms with Crippen molar-refractivity contribution in [2.24, 2.45) is 0 Å². The Hall–Kier alpha value is -6.66. The minimum Gasteiger partial charge on any atom is -0.455 e. The van der Waals surface area contributed by atoms with Crippen LogP contribution in [0, 0.1) is 0 Å². The molecule has 6 heteroatoms. The van der Waals surface area contributed by atoms with E-state index in [1.54, 1.807) is 0 Å². The highest BCUT2D eigenvalue weighted by atomic mass is 16.3. The third-order valence-electron chi connectivity index (χ3n) is 8.95. The highest BCUT2D eigenvalue weighted by Gasteiger charge is 2.23. The molecular weight excluding hydrogens is 592 g/mol. The molecule has 0 radical (unpaired) electrons. The van der Waals surface area contributed by atoms with Gasteiger partial charge in [0.15, 0.2) is 23.1 Å². The lowest BCUT2D eigenvalue weighted by atomic mass is 9.95. The summed E-state index contributed by atoms with van der Waals surface area (Å²) in [5.41, 5.74) is 9.01. The molecule has 0 unspecified atom stereocenters. The van der Waals surface area contributed by atoms with Gasteiger partial charge in [0.05, 0.1) is 0 Å². The van der Waals surface area contributed by atoms with Gasteiger partial charge in [-0.05, 0) is 35.9 Å². The van der Waals surface area contributed by atoms with Crippen LogP contribution in [0.2, 0.25) is 0 Å². The molecule has 0 atom stereocenters. The number of nitrogens with zero attached hydrogens (tertiary/aromatic N) is 4. The summed E-state index contributed by atoms with van der Waals surface area (Å²) in [5.74, 6) is 2.49. The third kappa shape index (κ3) is 4.13. The smallest absolute Gasteiger partial charge is 0.227 e. The van der Waals surface area contributed by atoms with Crippen molar-refractivity contribution in [3.05, 3.63) is 146 Å². The molecule has 0 saturated heterocycles. The normalized spacial score (nSPS) is 11.8.